The molecule has 3 fully saturated rings. The maximum absolute atomic E-state index is 13.5. The number of rotatable bonds is 8. The van der Waals surface area contributed by atoms with Gasteiger partial charge in [-0.25, -0.2) is 0 Å². The summed E-state index contributed by atoms with van der Waals surface area (Å²) in [4.78, 5) is 51.4. The highest BCUT2D eigenvalue weighted by Crippen LogP contribution is 2.65. The number of hydrogen-bond donors (Lipinski definition) is 4. The van der Waals surface area contributed by atoms with Crippen molar-refractivity contribution in [2.75, 3.05) is 6.54 Å². The van der Waals surface area contributed by atoms with Crippen LogP contribution in [0.3, 0.4) is 0 Å². The predicted molar refractivity (Wildman–Crippen MR) is 118 cm³/mol. The number of carbonyl (C=O) groups is 4. The Morgan fingerprint density at radius 3 is 2.14 bits per heavy atom. The summed E-state index contributed by atoms with van der Waals surface area (Å²) >= 11 is 0. The molecule has 35 heavy (non-hydrogen) atoms. The molecule has 2 saturated carbocycles. The van der Waals surface area contributed by atoms with Gasteiger partial charge in [-0.05, 0) is 35.0 Å². The van der Waals surface area contributed by atoms with E-state index in [1.807, 2.05) is 13.8 Å². The lowest BCUT2D eigenvalue weighted by Gasteiger charge is -2.38. The first-order valence-corrected chi connectivity index (χ1v) is 11.8. The Kier molecular flexibility index (Phi) is 6.95. The van der Waals surface area contributed by atoms with E-state index in [1.54, 1.807) is 5.32 Å². The fourth-order valence-corrected chi connectivity index (χ4v) is 5.29. The van der Waals surface area contributed by atoms with Crippen LogP contribution in [0.4, 0.5) is 13.2 Å². The van der Waals surface area contributed by atoms with Crippen LogP contribution >= 0.6 is 0 Å². The lowest BCUT2D eigenvalue weighted by molar-refractivity contribution is -0.176. The van der Waals surface area contributed by atoms with Gasteiger partial charge in [-0.15, -0.1) is 0 Å². The zero-order chi connectivity index (χ0) is 26.7. The first kappa shape index (κ1) is 27.2. The van der Waals surface area contributed by atoms with E-state index in [4.69, 9.17) is 5.73 Å². The van der Waals surface area contributed by atoms with Gasteiger partial charge in [-0.3, -0.25) is 19.2 Å². The molecule has 6 atom stereocenters. The molecule has 0 spiro atoms. The van der Waals surface area contributed by atoms with Crippen LogP contribution in [-0.4, -0.2) is 70.6 Å². The Labute approximate surface area is 202 Å². The van der Waals surface area contributed by atoms with Crippen molar-refractivity contribution in [2.24, 2.45) is 34.3 Å². The third kappa shape index (κ3) is 5.57. The summed E-state index contributed by atoms with van der Waals surface area (Å²) in [6, 6.07) is -3.48. The number of amides is 4. The number of likely N-dealkylation sites (tertiary alicyclic amines) is 1. The second-order valence-electron chi connectivity index (χ2n) is 11.8. The normalized spacial score (nSPS) is 27.9. The molecule has 0 aromatic rings. The number of fused-ring (bicyclic) bond motifs is 1. The van der Waals surface area contributed by atoms with Crippen molar-refractivity contribution >= 4 is 23.6 Å². The fourth-order valence-electron chi connectivity index (χ4n) is 5.29. The highest BCUT2D eigenvalue weighted by molar-refractivity contribution is 5.95. The van der Waals surface area contributed by atoms with Crippen molar-refractivity contribution in [3.05, 3.63) is 0 Å². The lowest BCUT2D eigenvalue weighted by atomic mass is 9.85. The third-order valence-electron chi connectivity index (χ3n) is 7.69. The summed E-state index contributed by atoms with van der Waals surface area (Å²) in [5, 5.41) is 14.7. The van der Waals surface area contributed by atoms with Crippen molar-refractivity contribution in [3.63, 3.8) is 0 Å². The van der Waals surface area contributed by atoms with E-state index in [1.165, 1.54) is 25.7 Å². The summed E-state index contributed by atoms with van der Waals surface area (Å²) in [5.41, 5.74) is 3.90. The Hall–Kier alpha value is -2.37. The molecular formula is C23H35F3N4O5. The standard InChI is InChI=1S/C23H35F3N4O5/c1-21(2,3)16(29-20(35)23(24,25)26)19(34)30-9-11-13(22(11,4)5)14(30)18(33)28-12(8-10-6-7-10)15(31)17(27)32/h10-16,31H,6-9H2,1-5H3,(H2,27,32)(H,28,33)(H,29,35)/t11-,12?,13?,14-,15?,16+/m0/s1. The van der Waals surface area contributed by atoms with Gasteiger partial charge in [0.25, 0.3) is 0 Å². The van der Waals surface area contributed by atoms with Crippen LogP contribution in [0.1, 0.15) is 53.9 Å². The van der Waals surface area contributed by atoms with E-state index in [0.717, 1.165) is 12.8 Å². The number of nitrogens with zero attached hydrogens (tertiary/aromatic N) is 1. The van der Waals surface area contributed by atoms with Gasteiger partial charge in [0.15, 0.2) is 6.10 Å². The maximum atomic E-state index is 13.5. The highest BCUT2D eigenvalue weighted by atomic mass is 19.4. The largest absolute Gasteiger partial charge is 0.471 e. The Morgan fingerprint density at radius 1 is 1.11 bits per heavy atom. The average molecular weight is 505 g/mol. The van der Waals surface area contributed by atoms with Gasteiger partial charge < -0.3 is 26.4 Å². The number of aliphatic hydroxyl groups is 1. The number of piperidine rings is 1. The summed E-state index contributed by atoms with van der Waals surface area (Å²) in [6.45, 7) is 8.60. The second-order valence-corrected chi connectivity index (χ2v) is 11.8. The molecule has 3 unspecified atom stereocenters. The number of alkyl halides is 3. The maximum Gasteiger partial charge on any atom is 0.471 e. The molecule has 1 saturated heterocycles. The van der Waals surface area contributed by atoms with Crippen LogP contribution < -0.4 is 16.4 Å². The van der Waals surface area contributed by atoms with Crippen LogP contribution in [0.25, 0.3) is 0 Å². The molecule has 1 aliphatic heterocycles. The molecule has 9 nitrogen and oxygen atoms in total. The van der Waals surface area contributed by atoms with Crippen LogP contribution in [0.5, 0.6) is 0 Å². The summed E-state index contributed by atoms with van der Waals surface area (Å²) < 4.78 is 38.8. The zero-order valence-corrected chi connectivity index (χ0v) is 20.6. The van der Waals surface area contributed by atoms with Crippen LogP contribution in [-0.2, 0) is 19.2 Å². The summed E-state index contributed by atoms with van der Waals surface area (Å²) in [6.07, 6.45) is -4.64. The smallest absolute Gasteiger partial charge is 0.381 e. The van der Waals surface area contributed by atoms with Gasteiger partial charge in [0.2, 0.25) is 17.7 Å². The fraction of sp³-hybridized carbons (Fsp3) is 0.826. The third-order valence-corrected chi connectivity index (χ3v) is 7.69. The Bertz CT molecular complexity index is 897. The second kappa shape index (κ2) is 8.94. The number of nitrogens with one attached hydrogen (secondary N) is 2. The first-order chi connectivity index (χ1) is 15.9. The van der Waals surface area contributed by atoms with Crippen molar-refractivity contribution < 1.29 is 37.5 Å². The summed E-state index contributed by atoms with van der Waals surface area (Å²) in [7, 11) is 0. The highest BCUT2D eigenvalue weighted by Gasteiger charge is 2.70. The van der Waals surface area contributed by atoms with Crippen molar-refractivity contribution in [1.82, 2.24) is 15.5 Å². The quantitative estimate of drug-likeness (QED) is 0.385. The molecule has 4 amide bonds. The molecule has 2 aliphatic carbocycles. The molecule has 3 rings (SSSR count). The minimum atomic E-state index is -5.17. The molecule has 0 radical (unpaired) electrons. The molecular weight excluding hydrogens is 469 g/mol. The topological polar surface area (TPSA) is 142 Å². The van der Waals surface area contributed by atoms with Crippen molar-refractivity contribution in [3.8, 4) is 0 Å². The minimum absolute atomic E-state index is 0.0518. The van der Waals surface area contributed by atoms with E-state index in [0.29, 0.717) is 6.42 Å². The molecule has 5 N–H and O–H groups in total. The van der Waals surface area contributed by atoms with Gasteiger partial charge in [0.1, 0.15) is 12.1 Å². The van der Waals surface area contributed by atoms with Crippen LogP contribution in [0.15, 0.2) is 0 Å². The van der Waals surface area contributed by atoms with E-state index in [2.05, 4.69) is 5.32 Å². The molecule has 3 aliphatic rings. The van der Waals surface area contributed by atoms with Crippen LogP contribution in [0, 0.1) is 28.6 Å². The zero-order valence-electron chi connectivity index (χ0n) is 20.6. The van der Waals surface area contributed by atoms with Gasteiger partial charge in [0.05, 0.1) is 6.04 Å². The first-order valence-electron chi connectivity index (χ1n) is 11.8. The molecule has 198 valence electrons. The molecule has 12 heteroatoms. The number of primary amides is 1. The minimum Gasteiger partial charge on any atom is -0.381 e. The number of hydrogen-bond acceptors (Lipinski definition) is 5. The van der Waals surface area contributed by atoms with E-state index in [9.17, 15) is 37.5 Å². The molecule has 1 heterocycles. The molecule has 0 aromatic carbocycles. The number of carbonyl (C=O) groups excluding carboxylic acids is 4. The monoisotopic (exact) mass is 504 g/mol. The number of nitrogens with two attached hydrogens (primary N) is 1. The van der Waals surface area contributed by atoms with Gasteiger partial charge in [0, 0.05) is 6.54 Å². The molecule has 0 aromatic heterocycles. The summed E-state index contributed by atoms with van der Waals surface area (Å²) in [5.74, 6) is -4.66. The number of halogens is 3. The predicted octanol–water partition coefficient (Wildman–Crippen LogP) is 0.694. The SMILES string of the molecule is CC(C)(C)[C@H](NC(=O)C(F)(F)F)C(=O)N1C[C@H]2C([C@H]1C(=O)NC(CC1CC1)C(O)C(N)=O)C2(C)C. The van der Waals surface area contributed by atoms with Gasteiger partial charge >= 0.3 is 12.1 Å². The number of aliphatic hydroxyl groups excluding tert-OH is 1. The Morgan fingerprint density at radius 2 is 1.69 bits per heavy atom. The lowest BCUT2D eigenvalue weighted by Crippen LogP contribution is -2.61. The van der Waals surface area contributed by atoms with Crippen molar-refractivity contribution in [2.45, 2.75) is 84.3 Å². The Balaban J connectivity index is 1.85. The van der Waals surface area contributed by atoms with E-state index in [-0.39, 0.29) is 29.7 Å². The molecule has 0 bridgehead atoms. The van der Waals surface area contributed by atoms with E-state index >= 15 is 0 Å². The van der Waals surface area contributed by atoms with E-state index < -0.39 is 59.4 Å². The van der Waals surface area contributed by atoms with Crippen molar-refractivity contribution in [1.29, 1.82) is 0 Å². The average Bonchev–Trinajstić information content (AvgIpc) is 3.55. The van der Waals surface area contributed by atoms with Crippen LogP contribution in [0.2, 0.25) is 0 Å². The van der Waals surface area contributed by atoms with Gasteiger partial charge in [-0.1, -0.05) is 47.5 Å². The van der Waals surface area contributed by atoms with Gasteiger partial charge in [-0.2, -0.15) is 13.2 Å².